The molecule has 32 heavy (non-hydrogen) atoms. The molecule has 1 fully saturated rings. The van der Waals surface area contributed by atoms with Crippen LogP contribution in [0.2, 0.25) is 0 Å². The van der Waals surface area contributed by atoms with Gasteiger partial charge in [0.05, 0.1) is 0 Å². The lowest BCUT2D eigenvalue weighted by Crippen LogP contribution is -2.36. The molecule has 0 radical (unpaired) electrons. The number of piperidine rings is 1. The van der Waals surface area contributed by atoms with Crippen LogP contribution in [0.25, 0.3) is 0 Å². The van der Waals surface area contributed by atoms with Gasteiger partial charge < -0.3 is 10.2 Å². The number of rotatable bonds is 6. The highest BCUT2D eigenvalue weighted by Gasteiger charge is 2.37. The van der Waals surface area contributed by atoms with E-state index in [-0.39, 0.29) is 28.9 Å². The van der Waals surface area contributed by atoms with E-state index in [1.54, 1.807) is 18.0 Å². The van der Waals surface area contributed by atoms with E-state index < -0.39 is 18.2 Å². The Morgan fingerprint density at radius 1 is 1.22 bits per heavy atom. The average Bonchev–Trinajstić information content (AvgIpc) is 2.75. The molecule has 2 N–H and O–H groups in total. The fraction of sp³-hybridized carbons (Fsp3) is 0.524. The molecule has 1 aliphatic heterocycles. The molecule has 1 aromatic carbocycles. The zero-order chi connectivity index (χ0) is 23.9. The summed E-state index contributed by atoms with van der Waals surface area (Å²) < 4.78 is 70.4. The Morgan fingerprint density at radius 3 is 2.53 bits per heavy atom. The first kappa shape index (κ1) is 26.1. The van der Waals surface area contributed by atoms with Crippen molar-refractivity contribution in [2.24, 2.45) is 5.92 Å². The number of benzene rings is 1. The van der Waals surface area contributed by atoms with E-state index in [4.69, 9.17) is 0 Å². The highest BCUT2D eigenvalue weighted by Crippen LogP contribution is 2.38. The average molecular weight is 478 g/mol. The third-order valence-corrected chi connectivity index (χ3v) is 5.45. The molecule has 11 heteroatoms. The van der Waals surface area contributed by atoms with Gasteiger partial charge >= 0.3 is 6.18 Å². The van der Waals surface area contributed by atoms with Crippen LogP contribution in [0.5, 0.6) is 0 Å². The molecule has 0 bridgehead atoms. The lowest BCUT2D eigenvalue weighted by Gasteiger charge is -2.33. The lowest BCUT2D eigenvalue weighted by atomic mass is 10.00. The van der Waals surface area contributed by atoms with Crippen LogP contribution in [0.4, 0.5) is 39.4 Å². The van der Waals surface area contributed by atoms with E-state index in [1.165, 1.54) is 24.1 Å². The maximum Gasteiger partial charge on any atom is 0.421 e. The van der Waals surface area contributed by atoms with Crippen LogP contribution in [0.3, 0.4) is 0 Å². The number of aromatic nitrogens is 2. The van der Waals surface area contributed by atoms with Gasteiger partial charge in [0.25, 0.3) is 6.43 Å². The Hall–Kier alpha value is -2.14. The zero-order valence-electron chi connectivity index (χ0n) is 18.4. The molecule has 0 spiro atoms. The standard InChI is InChI=1S/C19H22F5N5S.C2H6/c1-11-4-3-7-29(10-11)17-14(19(22,23)24)9-26-18(28-17)27-15-6-5-12(30-25-2)8-13(15)16(20)21;1-2/h5-6,8-9,11,16,25H,3-4,7,10H2,1-2H3,(H,26,27,28);1-2H3. The Labute approximate surface area is 189 Å². The second-order valence-electron chi connectivity index (χ2n) is 7.10. The number of alkyl halides is 5. The molecule has 3 rings (SSSR count). The van der Waals surface area contributed by atoms with Crippen molar-refractivity contribution in [3.05, 3.63) is 35.5 Å². The highest BCUT2D eigenvalue weighted by molar-refractivity contribution is 7.97. The van der Waals surface area contributed by atoms with Gasteiger partial charge in [-0.1, -0.05) is 20.8 Å². The van der Waals surface area contributed by atoms with Gasteiger partial charge in [-0.15, -0.1) is 0 Å². The first-order chi connectivity index (χ1) is 15.2. The number of nitrogens with one attached hydrogen (secondary N) is 2. The van der Waals surface area contributed by atoms with Gasteiger partial charge in [-0.3, -0.25) is 4.72 Å². The first-order valence-electron chi connectivity index (χ1n) is 10.4. The predicted octanol–water partition coefficient (Wildman–Crippen LogP) is 6.67. The maximum absolute atomic E-state index is 13.5. The number of halogens is 5. The van der Waals surface area contributed by atoms with Crippen LogP contribution in [-0.4, -0.2) is 30.1 Å². The second kappa shape index (κ2) is 11.6. The Morgan fingerprint density at radius 2 is 1.94 bits per heavy atom. The fourth-order valence-corrected chi connectivity index (χ4v) is 3.95. The summed E-state index contributed by atoms with van der Waals surface area (Å²) in [6.07, 6.45) is -5.00. The summed E-state index contributed by atoms with van der Waals surface area (Å²) in [4.78, 5) is 9.98. The molecule has 1 aromatic heterocycles. The van der Waals surface area contributed by atoms with E-state index >= 15 is 0 Å². The van der Waals surface area contributed by atoms with Gasteiger partial charge in [0.15, 0.2) is 0 Å². The minimum atomic E-state index is -4.62. The summed E-state index contributed by atoms with van der Waals surface area (Å²) in [5.41, 5.74) is -1.17. The second-order valence-corrected chi connectivity index (χ2v) is 8.19. The van der Waals surface area contributed by atoms with Gasteiger partial charge in [-0.25, -0.2) is 13.8 Å². The van der Waals surface area contributed by atoms with E-state index in [9.17, 15) is 22.0 Å². The SMILES string of the molecule is CC.CNSc1ccc(Nc2ncc(C(F)(F)F)c(N3CCCC(C)C3)n2)c(C(F)F)c1. The number of anilines is 3. The number of nitrogens with zero attached hydrogens (tertiary/aromatic N) is 3. The Kier molecular flexibility index (Phi) is 9.50. The quantitative estimate of drug-likeness (QED) is 0.358. The largest absolute Gasteiger partial charge is 0.421 e. The molecule has 0 amide bonds. The molecule has 0 saturated carbocycles. The third-order valence-electron chi connectivity index (χ3n) is 4.76. The zero-order valence-corrected chi connectivity index (χ0v) is 19.2. The van der Waals surface area contributed by atoms with Crippen LogP contribution in [0.15, 0.2) is 29.3 Å². The summed E-state index contributed by atoms with van der Waals surface area (Å²) in [5.74, 6) is -0.159. The van der Waals surface area contributed by atoms with Crippen molar-refractivity contribution in [3.8, 4) is 0 Å². The molecule has 1 unspecified atom stereocenters. The molecular weight excluding hydrogens is 449 g/mol. The van der Waals surface area contributed by atoms with Crippen molar-refractivity contribution in [2.45, 2.75) is 51.1 Å². The molecule has 2 aromatic rings. The predicted molar refractivity (Wildman–Crippen MR) is 119 cm³/mol. The molecule has 2 heterocycles. The third kappa shape index (κ3) is 6.68. The van der Waals surface area contributed by atoms with Crippen LogP contribution < -0.4 is 14.9 Å². The minimum absolute atomic E-state index is 0.0446. The van der Waals surface area contributed by atoms with E-state index in [0.29, 0.717) is 24.2 Å². The van der Waals surface area contributed by atoms with Gasteiger partial charge in [-0.2, -0.15) is 18.2 Å². The smallest absolute Gasteiger partial charge is 0.356 e. The highest BCUT2D eigenvalue weighted by atomic mass is 32.2. The summed E-state index contributed by atoms with van der Waals surface area (Å²) in [6.45, 7) is 6.86. The van der Waals surface area contributed by atoms with Crippen molar-refractivity contribution in [3.63, 3.8) is 0 Å². The van der Waals surface area contributed by atoms with Crippen LogP contribution >= 0.6 is 11.9 Å². The lowest BCUT2D eigenvalue weighted by molar-refractivity contribution is -0.137. The van der Waals surface area contributed by atoms with E-state index in [1.807, 2.05) is 20.8 Å². The molecule has 1 saturated heterocycles. The molecule has 0 aliphatic carbocycles. The summed E-state index contributed by atoms with van der Waals surface area (Å²) in [7, 11) is 1.66. The van der Waals surface area contributed by atoms with Gasteiger partial charge in [0.2, 0.25) is 5.95 Å². The van der Waals surface area contributed by atoms with Crippen LogP contribution in [0, 0.1) is 5.92 Å². The van der Waals surface area contributed by atoms with Crippen molar-refractivity contribution >= 4 is 29.4 Å². The topological polar surface area (TPSA) is 53.1 Å². The van der Waals surface area contributed by atoms with Crippen molar-refractivity contribution in [1.29, 1.82) is 0 Å². The fourth-order valence-electron chi connectivity index (χ4n) is 3.39. The van der Waals surface area contributed by atoms with Gasteiger partial charge in [-0.05, 0) is 56.0 Å². The van der Waals surface area contributed by atoms with E-state index in [0.717, 1.165) is 12.8 Å². The van der Waals surface area contributed by atoms with Crippen LogP contribution in [0.1, 0.15) is 51.2 Å². The normalized spacial score (nSPS) is 16.6. The van der Waals surface area contributed by atoms with Gasteiger partial charge in [0, 0.05) is 35.4 Å². The van der Waals surface area contributed by atoms with Crippen LogP contribution in [-0.2, 0) is 6.18 Å². The number of hydrogen-bond acceptors (Lipinski definition) is 6. The minimum Gasteiger partial charge on any atom is -0.356 e. The summed E-state index contributed by atoms with van der Waals surface area (Å²) >= 11 is 1.17. The van der Waals surface area contributed by atoms with Crippen molar-refractivity contribution < 1.29 is 22.0 Å². The molecule has 178 valence electrons. The Bertz CT molecular complexity index is 878. The molecule has 5 nitrogen and oxygen atoms in total. The summed E-state index contributed by atoms with van der Waals surface area (Å²) in [5, 5.41) is 2.67. The monoisotopic (exact) mass is 477 g/mol. The first-order valence-corrected chi connectivity index (χ1v) is 11.2. The van der Waals surface area contributed by atoms with Gasteiger partial charge in [0.1, 0.15) is 11.4 Å². The maximum atomic E-state index is 13.5. The Balaban J connectivity index is 0.00000176. The number of hydrogen-bond donors (Lipinski definition) is 2. The van der Waals surface area contributed by atoms with E-state index in [2.05, 4.69) is 20.0 Å². The van der Waals surface area contributed by atoms with Crippen molar-refractivity contribution in [2.75, 3.05) is 30.4 Å². The summed E-state index contributed by atoms with van der Waals surface area (Å²) in [6, 6.07) is 4.36. The molecular formula is C21H28F5N5S. The molecule has 1 atom stereocenters. The van der Waals surface area contributed by atoms with Crippen molar-refractivity contribution in [1.82, 2.24) is 14.7 Å². The molecule has 1 aliphatic rings.